The van der Waals surface area contributed by atoms with Gasteiger partial charge in [-0.25, -0.2) is 4.79 Å². The summed E-state index contributed by atoms with van der Waals surface area (Å²) in [4.78, 5) is 39.8. The van der Waals surface area contributed by atoms with Crippen LogP contribution in [0.5, 0.6) is 5.75 Å². The summed E-state index contributed by atoms with van der Waals surface area (Å²) in [6.07, 6.45) is -0.770. The Hall–Kier alpha value is -4.06. The zero-order valence-electron chi connectivity index (χ0n) is 21.0. The number of carbonyl (C=O) groups is 3. The Labute approximate surface area is 206 Å². The highest BCUT2D eigenvalue weighted by molar-refractivity contribution is 5.98. The third-order valence-electron chi connectivity index (χ3n) is 4.98. The number of alkyl carbamates (subject to hydrolysis) is 1. The fraction of sp³-hybridized carbons (Fsp3) is 0.385. The summed E-state index contributed by atoms with van der Waals surface area (Å²) >= 11 is 0. The number of amides is 3. The van der Waals surface area contributed by atoms with Crippen molar-refractivity contribution in [2.75, 3.05) is 25.5 Å². The second-order valence-corrected chi connectivity index (χ2v) is 9.02. The molecule has 0 bridgehead atoms. The Morgan fingerprint density at radius 2 is 1.74 bits per heavy atom. The lowest BCUT2D eigenvalue weighted by molar-refractivity contribution is -0.137. The Morgan fingerprint density at radius 1 is 1.09 bits per heavy atom. The number of nitriles is 1. The Bertz CT molecular complexity index is 1100. The first-order valence-corrected chi connectivity index (χ1v) is 11.1. The molecular weight excluding hydrogens is 448 g/mol. The summed E-state index contributed by atoms with van der Waals surface area (Å²) in [7, 11) is 1.54. The molecule has 2 rings (SSSR count). The maximum Gasteiger partial charge on any atom is 0.408 e. The van der Waals surface area contributed by atoms with Gasteiger partial charge in [0.05, 0.1) is 13.2 Å². The van der Waals surface area contributed by atoms with Crippen molar-refractivity contribution in [2.24, 2.45) is 0 Å². The first-order chi connectivity index (χ1) is 16.4. The fourth-order valence-electron chi connectivity index (χ4n) is 3.43. The lowest BCUT2D eigenvalue weighted by atomic mass is 9.97. The van der Waals surface area contributed by atoms with E-state index in [1.807, 2.05) is 32.0 Å². The van der Waals surface area contributed by atoms with E-state index in [1.165, 1.54) is 0 Å². The van der Waals surface area contributed by atoms with Crippen LogP contribution in [0.4, 0.5) is 10.5 Å². The highest BCUT2D eigenvalue weighted by Gasteiger charge is 2.33. The van der Waals surface area contributed by atoms with Crippen LogP contribution in [0.25, 0.3) is 0 Å². The second kappa shape index (κ2) is 11.9. The van der Waals surface area contributed by atoms with Crippen LogP contribution in [-0.2, 0) is 14.3 Å². The van der Waals surface area contributed by atoms with Crippen molar-refractivity contribution >= 4 is 23.6 Å². The van der Waals surface area contributed by atoms with Gasteiger partial charge in [-0.15, -0.1) is 0 Å². The van der Waals surface area contributed by atoms with Gasteiger partial charge in [-0.05, 0) is 70.0 Å². The molecule has 0 spiro atoms. The third-order valence-corrected chi connectivity index (χ3v) is 4.98. The van der Waals surface area contributed by atoms with Crippen LogP contribution in [0, 0.1) is 25.2 Å². The topological polar surface area (TPSA) is 121 Å². The van der Waals surface area contributed by atoms with Crippen molar-refractivity contribution in [2.45, 2.75) is 46.3 Å². The number of hydrogen-bond acceptors (Lipinski definition) is 6. The second-order valence-electron chi connectivity index (χ2n) is 9.02. The van der Waals surface area contributed by atoms with Crippen LogP contribution in [0.3, 0.4) is 0 Å². The summed E-state index contributed by atoms with van der Waals surface area (Å²) in [5.41, 5.74) is 2.12. The normalized spacial score (nSPS) is 11.6. The molecular formula is C26H32N4O5. The predicted molar refractivity (Wildman–Crippen MR) is 132 cm³/mol. The first-order valence-electron chi connectivity index (χ1n) is 11.1. The zero-order chi connectivity index (χ0) is 26.2. The number of aryl methyl sites for hydroxylation is 2. The molecule has 0 aliphatic carbocycles. The molecule has 0 saturated carbocycles. The summed E-state index contributed by atoms with van der Waals surface area (Å²) < 4.78 is 10.3. The van der Waals surface area contributed by atoms with Crippen molar-refractivity contribution in [3.05, 3.63) is 59.2 Å². The van der Waals surface area contributed by atoms with E-state index in [-0.39, 0.29) is 6.54 Å². The lowest BCUT2D eigenvalue weighted by Crippen LogP contribution is -2.46. The number of carbonyl (C=O) groups excluding carboxylic acids is 3. The van der Waals surface area contributed by atoms with Crippen LogP contribution in [0.1, 0.15) is 43.5 Å². The van der Waals surface area contributed by atoms with E-state index in [0.29, 0.717) is 17.0 Å². The minimum Gasteiger partial charge on any atom is -0.497 e. The quantitative estimate of drug-likeness (QED) is 0.554. The van der Waals surface area contributed by atoms with Crippen molar-refractivity contribution < 1.29 is 23.9 Å². The van der Waals surface area contributed by atoms with Gasteiger partial charge in [0.25, 0.3) is 5.91 Å². The summed E-state index contributed by atoms with van der Waals surface area (Å²) in [5.74, 6) is -0.473. The highest BCUT2D eigenvalue weighted by atomic mass is 16.6. The molecule has 186 valence electrons. The number of anilines is 1. The van der Waals surface area contributed by atoms with Gasteiger partial charge in [0.15, 0.2) is 0 Å². The molecule has 3 amide bonds. The lowest BCUT2D eigenvalue weighted by Gasteiger charge is -2.30. The summed E-state index contributed by atoms with van der Waals surface area (Å²) in [6, 6.07) is 13.1. The van der Waals surface area contributed by atoms with E-state index in [4.69, 9.17) is 9.47 Å². The molecule has 2 N–H and O–H groups in total. The minimum absolute atomic E-state index is 0.358. The van der Waals surface area contributed by atoms with Gasteiger partial charge in [0.1, 0.15) is 30.5 Å². The molecule has 2 aromatic rings. The van der Waals surface area contributed by atoms with Gasteiger partial charge in [0, 0.05) is 5.69 Å². The highest BCUT2D eigenvalue weighted by Crippen LogP contribution is 2.27. The standard InChI is InChI=1S/C26H32N4O5/c1-17-7-12-21(18(2)15-17)23(24(32)29-19-8-10-20(34-6)11-9-19)30(14-13-27)22(31)16-28-25(33)35-26(3,4)5/h7-12,15,23H,14,16H2,1-6H3,(H,28,33)(H,29,32). The minimum atomic E-state index is -1.11. The zero-order valence-corrected chi connectivity index (χ0v) is 21.0. The Kier molecular flexibility index (Phi) is 9.23. The van der Waals surface area contributed by atoms with Crippen LogP contribution >= 0.6 is 0 Å². The van der Waals surface area contributed by atoms with Crippen molar-refractivity contribution in [1.82, 2.24) is 10.2 Å². The van der Waals surface area contributed by atoms with Crippen LogP contribution < -0.4 is 15.4 Å². The number of nitrogens with zero attached hydrogens (tertiary/aromatic N) is 2. The van der Waals surface area contributed by atoms with Crippen molar-refractivity contribution in [3.8, 4) is 11.8 Å². The molecule has 0 saturated heterocycles. The van der Waals surface area contributed by atoms with Gasteiger partial charge in [-0.3, -0.25) is 9.59 Å². The number of rotatable bonds is 8. The van der Waals surface area contributed by atoms with Crippen molar-refractivity contribution in [3.63, 3.8) is 0 Å². The number of hydrogen-bond donors (Lipinski definition) is 2. The van der Waals surface area contributed by atoms with Gasteiger partial charge in [-0.1, -0.05) is 23.8 Å². The van der Waals surface area contributed by atoms with Crippen LogP contribution in [0.15, 0.2) is 42.5 Å². The Balaban J connectivity index is 2.37. The number of nitrogens with one attached hydrogen (secondary N) is 2. The predicted octanol–water partition coefficient (Wildman–Crippen LogP) is 3.87. The molecule has 1 atom stereocenters. The molecule has 1 unspecified atom stereocenters. The molecule has 35 heavy (non-hydrogen) atoms. The average Bonchev–Trinajstić information content (AvgIpc) is 2.77. The molecule has 0 fully saturated rings. The maximum atomic E-state index is 13.5. The van der Waals surface area contributed by atoms with E-state index in [2.05, 4.69) is 10.6 Å². The SMILES string of the molecule is COc1ccc(NC(=O)C(c2ccc(C)cc2C)N(CC#N)C(=O)CNC(=O)OC(C)(C)C)cc1. The van der Waals surface area contributed by atoms with Crippen LogP contribution in [0.2, 0.25) is 0 Å². The number of ether oxygens (including phenoxy) is 2. The maximum absolute atomic E-state index is 13.5. The van der Waals surface area contributed by atoms with E-state index < -0.39 is 36.1 Å². The van der Waals surface area contributed by atoms with E-state index in [0.717, 1.165) is 16.0 Å². The summed E-state index contributed by atoms with van der Waals surface area (Å²) in [6.45, 7) is 8.08. The molecule has 9 heteroatoms. The molecule has 2 aromatic carbocycles. The van der Waals surface area contributed by atoms with Gasteiger partial charge in [-0.2, -0.15) is 5.26 Å². The van der Waals surface area contributed by atoms with E-state index in [1.54, 1.807) is 58.2 Å². The molecule has 0 heterocycles. The molecule has 0 aliphatic rings. The molecule has 0 aromatic heterocycles. The largest absolute Gasteiger partial charge is 0.497 e. The average molecular weight is 481 g/mol. The first kappa shape index (κ1) is 27.2. The molecule has 0 radical (unpaired) electrons. The third kappa shape index (κ3) is 8.03. The van der Waals surface area contributed by atoms with Gasteiger partial charge < -0.3 is 25.0 Å². The van der Waals surface area contributed by atoms with Crippen molar-refractivity contribution in [1.29, 1.82) is 5.26 Å². The molecule has 9 nitrogen and oxygen atoms in total. The molecule has 0 aliphatic heterocycles. The van der Waals surface area contributed by atoms with Crippen LogP contribution in [-0.4, -0.2) is 48.6 Å². The monoisotopic (exact) mass is 480 g/mol. The number of methoxy groups -OCH3 is 1. The fourth-order valence-corrected chi connectivity index (χ4v) is 3.43. The van der Waals surface area contributed by atoms with Gasteiger partial charge >= 0.3 is 6.09 Å². The smallest absolute Gasteiger partial charge is 0.408 e. The summed E-state index contributed by atoms with van der Waals surface area (Å²) in [5, 5.41) is 14.7. The van der Waals surface area contributed by atoms with E-state index >= 15 is 0 Å². The van der Waals surface area contributed by atoms with Gasteiger partial charge in [0.2, 0.25) is 5.91 Å². The Morgan fingerprint density at radius 3 is 2.29 bits per heavy atom. The van der Waals surface area contributed by atoms with E-state index in [9.17, 15) is 19.6 Å². The number of benzene rings is 2.